The summed E-state index contributed by atoms with van der Waals surface area (Å²) in [4.78, 5) is 22.1. The summed E-state index contributed by atoms with van der Waals surface area (Å²) in [5, 5.41) is 3.93. The van der Waals surface area contributed by atoms with Gasteiger partial charge in [0, 0.05) is 5.30 Å². The monoisotopic (exact) mass is 205 g/mol. The summed E-state index contributed by atoms with van der Waals surface area (Å²) in [5.74, 6) is -0.436. The number of nitrogens with one attached hydrogen (secondary N) is 1. The van der Waals surface area contributed by atoms with Crippen LogP contribution < -0.4 is 10.6 Å². The van der Waals surface area contributed by atoms with Crippen molar-refractivity contribution >= 4 is 30.6 Å². The molecule has 0 saturated carbocycles. The number of hydrogen-bond donors (Lipinski definition) is 1. The Hall–Kier alpha value is -1.47. The van der Waals surface area contributed by atoms with Crippen LogP contribution in [0.3, 0.4) is 0 Å². The third kappa shape index (κ3) is 1.88. The van der Waals surface area contributed by atoms with Crippen LogP contribution in [-0.4, -0.2) is 17.1 Å². The fraction of sp³-hybridized carbons (Fsp3) is 0.100. The van der Waals surface area contributed by atoms with E-state index in [4.69, 9.17) is 0 Å². The highest BCUT2D eigenvalue weighted by Crippen LogP contribution is 2.08. The molecule has 0 unspecified atom stereocenters. The Morgan fingerprint density at radius 1 is 1.14 bits per heavy atom. The molecule has 1 N–H and O–H groups in total. The van der Waals surface area contributed by atoms with Crippen LogP contribution in [0.25, 0.3) is 0 Å². The van der Waals surface area contributed by atoms with Gasteiger partial charge in [0.15, 0.2) is 0 Å². The summed E-state index contributed by atoms with van der Waals surface area (Å²) in [6, 6.07) is 9.62. The van der Waals surface area contributed by atoms with Crippen molar-refractivity contribution in [3.8, 4) is 0 Å². The second-order valence-corrected chi connectivity index (χ2v) is 4.23. The van der Waals surface area contributed by atoms with Crippen LogP contribution in [0.1, 0.15) is 6.42 Å². The predicted molar refractivity (Wildman–Crippen MR) is 55.8 cm³/mol. The normalized spacial score (nSPS) is 18.7. The maximum absolute atomic E-state index is 11.2. The molecule has 0 bridgehead atoms. The Kier molecular flexibility index (Phi) is 2.42. The third-order valence-electron chi connectivity index (χ3n) is 1.86. The lowest BCUT2D eigenvalue weighted by atomic mass is 10.4. The van der Waals surface area contributed by atoms with E-state index in [0.717, 1.165) is 13.5 Å². The molecule has 14 heavy (non-hydrogen) atoms. The first-order chi connectivity index (χ1) is 6.75. The molecule has 1 saturated heterocycles. The van der Waals surface area contributed by atoms with E-state index < -0.39 is 0 Å². The van der Waals surface area contributed by atoms with E-state index >= 15 is 0 Å². The molecule has 0 atom stereocenters. The minimum atomic E-state index is -0.236. The highest BCUT2D eigenvalue weighted by atomic mass is 31.1. The minimum Gasteiger partial charge on any atom is -0.292 e. The predicted octanol–water partition coefficient (Wildman–Crippen LogP) is 0.477. The largest absolute Gasteiger partial charge is 0.292 e. The molecule has 1 aliphatic heterocycles. The molecule has 1 aromatic carbocycles. The Labute approximate surface area is 82.9 Å². The average molecular weight is 205 g/mol. The van der Waals surface area contributed by atoms with Gasteiger partial charge in [0.05, 0.1) is 11.7 Å². The summed E-state index contributed by atoms with van der Waals surface area (Å²) in [7, 11) is 0.828. The number of hydrogen-bond acceptors (Lipinski definition) is 2. The second kappa shape index (κ2) is 3.72. The van der Waals surface area contributed by atoms with Crippen LogP contribution >= 0.6 is 8.20 Å². The van der Waals surface area contributed by atoms with Crippen molar-refractivity contribution < 1.29 is 9.59 Å². The van der Waals surface area contributed by atoms with Gasteiger partial charge in [-0.25, -0.2) is 0 Å². The summed E-state index contributed by atoms with van der Waals surface area (Å²) in [6.45, 7) is 0. The number of rotatable bonds is 1. The van der Waals surface area contributed by atoms with Crippen molar-refractivity contribution in [3.05, 3.63) is 30.3 Å². The molecule has 0 radical (unpaired) electrons. The molecule has 1 aromatic rings. The summed E-state index contributed by atoms with van der Waals surface area (Å²) in [5.41, 5.74) is 0. The molecular formula is C10H8NO2P. The van der Waals surface area contributed by atoms with E-state index in [1.54, 1.807) is 0 Å². The lowest BCUT2D eigenvalue weighted by molar-refractivity contribution is -0.123. The summed E-state index contributed by atoms with van der Waals surface area (Å²) < 4.78 is 0. The molecule has 1 fully saturated rings. The van der Waals surface area contributed by atoms with Crippen LogP contribution in [0.4, 0.5) is 0 Å². The van der Waals surface area contributed by atoms with Crippen molar-refractivity contribution in [2.24, 2.45) is 0 Å². The highest BCUT2D eigenvalue weighted by Gasteiger charge is 2.23. The van der Waals surface area contributed by atoms with Crippen LogP contribution in [0.5, 0.6) is 0 Å². The van der Waals surface area contributed by atoms with Gasteiger partial charge in [-0.1, -0.05) is 38.5 Å². The molecule has 1 heterocycles. The van der Waals surface area contributed by atoms with Crippen molar-refractivity contribution in [2.45, 2.75) is 6.42 Å². The van der Waals surface area contributed by atoms with Gasteiger partial charge in [0.1, 0.15) is 0 Å². The fourth-order valence-electron chi connectivity index (χ4n) is 1.22. The Morgan fingerprint density at radius 3 is 2.43 bits per heavy atom. The maximum Gasteiger partial charge on any atom is 0.258 e. The molecule has 0 aliphatic carbocycles. The second-order valence-electron chi connectivity index (χ2n) is 2.95. The molecule has 2 rings (SSSR count). The lowest BCUT2D eigenvalue weighted by Gasteiger charge is -1.92. The first-order valence-corrected chi connectivity index (χ1v) is 5.12. The average Bonchev–Trinajstić information content (AvgIpc) is 2.47. The Balaban J connectivity index is 2.28. The molecule has 2 amide bonds. The van der Waals surface area contributed by atoms with Gasteiger partial charge in [-0.2, -0.15) is 0 Å². The zero-order chi connectivity index (χ0) is 9.97. The van der Waals surface area contributed by atoms with Crippen LogP contribution in [0.15, 0.2) is 30.3 Å². The SMILES string of the molecule is O=C1CC(=Pc2ccccc2)C(=O)N1. The van der Waals surface area contributed by atoms with E-state index in [0.29, 0.717) is 5.29 Å². The highest BCUT2D eigenvalue weighted by molar-refractivity contribution is 7.51. The summed E-state index contributed by atoms with van der Waals surface area (Å²) in [6.07, 6.45) is 0.231. The van der Waals surface area contributed by atoms with Crippen molar-refractivity contribution in [1.82, 2.24) is 5.32 Å². The van der Waals surface area contributed by atoms with Gasteiger partial charge in [0.2, 0.25) is 5.91 Å². The molecule has 0 aromatic heterocycles. The topological polar surface area (TPSA) is 46.2 Å². The molecular weight excluding hydrogens is 197 g/mol. The van der Waals surface area contributed by atoms with Gasteiger partial charge < -0.3 is 0 Å². The van der Waals surface area contributed by atoms with Gasteiger partial charge in [-0.05, 0) is 0 Å². The van der Waals surface area contributed by atoms with E-state index in [1.807, 2.05) is 30.3 Å². The van der Waals surface area contributed by atoms with Crippen molar-refractivity contribution in [3.63, 3.8) is 0 Å². The van der Waals surface area contributed by atoms with Crippen molar-refractivity contribution in [1.29, 1.82) is 0 Å². The standard InChI is InChI=1S/C10H8NO2P/c12-9-6-8(10(13)11-9)14-7-4-2-1-3-5-7/h1-5H,6H2,(H,11,12,13). The van der Waals surface area contributed by atoms with Crippen LogP contribution in [0, 0.1) is 0 Å². The number of carbonyl (C=O) groups excluding carboxylic acids is 2. The zero-order valence-electron chi connectivity index (χ0n) is 7.36. The maximum atomic E-state index is 11.2. The van der Waals surface area contributed by atoms with Gasteiger partial charge in [0.25, 0.3) is 5.91 Å². The van der Waals surface area contributed by atoms with E-state index in [1.165, 1.54) is 0 Å². The van der Waals surface area contributed by atoms with E-state index in [9.17, 15) is 9.59 Å². The number of imide groups is 1. The van der Waals surface area contributed by atoms with Crippen molar-refractivity contribution in [2.75, 3.05) is 0 Å². The zero-order valence-corrected chi connectivity index (χ0v) is 8.25. The molecule has 3 nitrogen and oxygen atoms in total. The van der Waals surface area contributed by atoms with E-state index in [2.05, 4.69) is 5.32 Å². The first-order valence-electron chi connectivity index (χ1n) is 4.22. The Bertz CT molecular complexity index is 411. The van der Waals surface area contributed by atoms with Gasteiger partial charge in [-0.15, -0.1) is 0 Å². The van der Waals surface area contributed by atoms with Gasteiger partial charge >= 0.3 is 0 Å². The minimum absolute atomic E-state index is 0.201. The quantitative estimate of drug-likeness (QED) is 0.535. The van der Waals surface area contributed by atoms with Crippen LogP contribution in [0.2, 0.25) is 0 Å². The molecule has 1 aliphatic rings. The first kappa shape index (κ1) is 9.10. The van der Waals surface area contributed by atoms with E-state index in [-0.39, 0.29) is 18.2 Å². The Morgan fingerprint density at radius 2 is 1.86 bits per heavy atom. The molecule has 70 valence electrons. The van der Waals surface area contributed by atoms with Gasteiger partial charge in [-0.3, -0.25) is 14.9 Å². The third-order valence-corrected chi connectivity index (χ3v) is 3.05. The fourth-order valence-corrected chi connectivity index (χ4v) is 2.24. The lowest BCUT2D eigenvalue weighted by Crippen LogP contribution is -2.21. The summed E-state index contributed by atoms with van der Waals surface area (Å²) >= 11 is 0. The smallest absolute Gasteiger partial charge is 0.258 e. The number of benzene rings is 1. The molecule has 4 heteroatoms. The van der Waals surface area contributed by atoms with Crippen LogP contribution in [-0.2, 0) is 9.59 Å². The number of amides is 2. The number of carbonyl (C=O) groups is 2. The molecule has 0 spiro atoms.